The Kier molecular flexibility index (Phi) is 6.72. The van der Waals surface area contributed by atoms with Gasteiger partial charge in [-0.15, -0.1) is 0 Å². The molecule has 2 aromatic carbocycles. The van der Waals surface area contributed by atoms with Crippen LogP contribution in [-0.4, -0.2) is 40.8 Å². The zero-order valence-corrected chi connectivity index (χ0v) is 19.0. The number of aromatic nitrogens is 2. The van der Waals surface area contributed by atoms with Crippen LogP contribution < -0.4 is 5.32 Å². The third kappa shape index (κ3) is 5.08. The minimum Gasteiger partial charge on any atom is -0.348 e. The van der Waals surface area contributed by atoms with Crippen molar-refractivity contribution in [2.75, 3.05) is 6.54 Å². The normalized spacial score (nSPS) is 17.2. The second kappa shape index (κ2) is 9.67. The number of rotatable bonds is 7. The van der Waals surface area contributed by atoms with Crippen molar-refractivity contribution < 1.29 is 13.2 Å². The van der Waals surface area contributed by atoms with Crippen LogP contribution in [0.15, 0.2) is 72.1 Å². The maximum Gasteiger partial charge on any atom is 0.251 e. The Morgan fingerprint density at radius 1 is 1.12 bits per heavy atom. The lowest BCUT2D eigenvalue weighted by Crippen LogP contribution is -2.42. The van der Waals surface area contributed by atoms with Gasteiger partial charge in [0.1, 0.15) is 0 Å². The van der Waals surface area contributed by atoms with E-state index in [9.17, 15) is 13.2 Å². The number of carbonyl (C=O) groups is 1. The van der Waals surface area contributed by atoms with Crippen LogP contribution in [0.4, 0.5) is 0 Å². The number of hydrogen-bond acceptors (Lipinski definition) is 4. The van der Waals surface area contributed by atoms with E-state index in [0.717, 1.165) is 36.9 Å². The Hall–Kier alpha value is -2.97. The molecule has 8 heteroatoms. The molecule has 7 nitrogen and oxygen atoms in total. The van der Waals surface area contributed by atoms with Gasteiger partial charge in [-0.3, -0.25) is 4.79 Å². The summed E-state index contributed by atoms with van der Waals surface area (Å²) >= 11 is 0. The number of sulfonamides is 1. The van der Waals surface area contributed by atoms with Gasteiger partial charge in [0.15, 0.2) is 0 Å². The molecule has 0 saturated carbocycles. The first-order valence-electron chi connectivity index (χ1n) is 10.9. The van der Waals surface area contributed by atoms with E-state index in [1.165, 1.54) is 6.07 Å². The molecule has 2 heterocycles. The Labute approximate surface area is 189 Å². The first-order chi connectivity index (χ1) is 15.4. The van der Waals surface area contributed by atoms with Crippen LogP contribution in [0, 0.1) is 0 Å². The highest BCUT2D eigenvalue weighted by molar-refractivity contribution is 7.89. The van der Waals surface area contributed by atoms with Crippen LogP contribution in [0.3, 0.4) is 0 Å². The molecule has 0 radical (unpaired) electrons. The smallest absolute Gasteiger partial charge is 0.251 e. The molecule has 1 amide bonds. The van der Waals surface area contributed by atoms with Crippen molar-refractivity contribution in [3.8, 4) is 0 Å². The predicted octanol–water partition coefficient (Wildman–Crippen LogP) is 3.42. The molecule has 0 aliphatic carbocycles. The average molecular weight is 453 g/mol. The Morgan fingerprint density at radius 2 is 1.91 bits per heavy atom. The fourth-order valence-electron chi connectivity index (χ4n) is 4.00. The molecule has 1 fully saturated rings. The molecule has 1 aliphatic rings. The second-order valence-corrected chi connectivity index (χ2v) is 10.1. The second-order valence-electron chi connectivity index (χ2n) is 8.22. The van der Waals surface area contributed by atoms with Crippen LogP contribution in [-0.2, 0) is 23.1 Å². The summed E-state index contributed by atoms with van der Waals surface area (Å²) in [5.74, 6) is -0.295. The molecule has 0 spiro atoms. The maximum atomic E-state index is 13.1. The number of hydrogen-bond donors (Lipinski definition) is 1. The number of piperidine rings is 1. The lowest BCUT2D eigenvalue weighted by molar-refractivity contribution is 0.0950. The van der Waals surface area contributed by atoms with E-state index in [1.807, 2.05) is 42.0 Å². The minimum atomic E-state index is -3.61. The van der Waals surface area contributed by atoms with Crippen LogP contribution in [0.25, 0.3) is 0 Å². The number of nitrogens with zero attached hydrogens (tertiary/aromatic N) is 3. The summed E-state index contributed by atoms with van der Waals surface area (Å²) in [6.45, 7) is 3.57. The van der Waals surface area contributed by atoms with Crippen molar-refractivity contribution in [3.05, 3.63) is 83.9 Å². The molecule has 1 saturated heterocycles. The van der Waals surface area contributed by atoms with Gasteiger partial charge in [0.25, 0.3) is 5.91 Å². The van der Waals surface area contributed by atoms with E-state index in [0.29, 0.717) is 18.7 Å². The number of amides is 1. The number of nitrogens with one attached hydrogen (secondary N) is 1. The Morgan fingerprint density at radius 3 is 2.62 bits per heavy atom. The number of imidazole rings is 1. The van der Waals surface area contributed by atoms with Gasteiger partial charge in [-0.05, 0) is 49.1 Å². The van der Waals surface area contributed by atoms with Crippen molar-refractivity contribution >= 4 is 15.9 Å². The van der Waals surface area contributed by atoms with Gasteiger partial charge < -0.3 is 9.88 Å². The van der Waals surface area contributed by atoms with E-state index >= 15 is 0 Å². The number of carbonyl (C=O) groups excluding carboxylic acids is 1. The molecular formula is C24H28N4O3S. The molecule has 1 unspecified atom stereocenters. The minimum absolute atomic E-state index is 0.0250. The lowest BCUT2D eigenvalue weighted by Gasteiger charge is -2.32. The van der Waals surface area contributed by atoms with Gasteiger partial charge in [0.05, 0.1) is 11.2 Å². The first kappa shape index (κ1) is 22.2. The summed E-state index contributed by atoms with van der Waals surface area (Å²) in [7, 11) is -3.61. The van der Waals surface area contributed by atoms with Crippen LogP contribution in [0.5, 0.6) is 0 Å². The van der Waals surface area contributed by atoms with E-state index in [1.54, 1.807) is 35.0 Å². The van der Waals surface area contributed by atoms with Crippen molar-refractivity contribution in [3.63, 3.8) is 0 Å². The molecule has 3 aromatic rings. The van der Waals surface area contributed by atoms with Gasteiger partial charge in [0.2, 0.25) is 10.0 Å². The molecule has 32 heavy (non-hydrogen) atoms. The molecular weight excluding hydrogens is 424 g/mol. The molecule has 4 rings (SSSR count). The largest absolute Gasteiger partial charge is 0.348 e. The highest BCUT2D eigenvalue weighted by Crippen LogP contribution is 2.25. The van der Waals surface area contributed by atoms with Crippen LogP contribution >= 0.6 is 0 Å². The summed E-state index contributed by atoms with van der Waals surface area (Å²) < 4.78 is 29.7. The van der Waals surface area contributed by atoms with Crippen LogP contribution in [0.1, 0.15) is 47.7 Å². The lowest BCUT2D eigenvalue weighted by atomic mass is 10.1. The van der Waals surface area contributed by atoms with E-state index in [4.69, 9.17) is 0 Å². The molecule has 1 N–H and O–H groups in total. The number of benzene rings is 2. The zero-order chi connectivity index (χ0) is 22.6. The molecule has 1 aromatic heterocycles. The Balaban J connectivity index is 1.39. The third-order valence-electron chi connectivity index (χ3n) is 5.85. The highest BCUT2D eigenvalue weighted by Gasteiger charge is 2.31. The standard InChI is InChI=1S/C24H28N4O3S/c1-19-5-2-3-13-28(19)32(30,31)23-7-4-6-22(15-23)24(29)26-16-20-8-10-21(11-9-20)17-27-14-12-25-18-27/h4,6-12,14-15,18-19H,2-3,5,13,16-17H2,1H3,(H,26,29). The van der Waals surface area contributed by atoms with Gasteiger partial charge >= 0.3 is 0 Å². The summed E-state index contributed by atoms with van der Waals surface area (Å²) in [5, 5.41) is 2.88. The van der Waals surface area contributed by atoms with Crippen molar-refractivity contribution in [2.24, 2.45) is 0 Å². The fourth-order valence-corrected chi connectivity index (χ4v) is 5.75. The fraction of sp³-hybridized carbons (Fsp3) is 0.333. The third-order valence-corrected chi connectivity index (χ3v) is 7.85. The van der Waals surface area contributed by atoms with Gasteiger partial charge in [-0.1, -0.05) is 36.8 Å². The van der Waals surface area contributed by atoms with Gasteiger partial charge in [-0.2, -0.15) is 4.31 Å². The topological polar surface area (TPSA) is 84.3 Å². The highest BCUT2D eigenvalue weighted by atomic mass is 32.2. The quantitative estimate of drug-likeness (QED) is 0.595. The molecule has 168 valence electrons. The predicted molar refractivity (Wildman–Crippen MR) is 123 cm³/mol. The summed E-state index contributed by atoms with van der Waals surface area (Å²) in [6.07, 6.45) is 8.20. The van der Waals surface area contributed by atoms with E-state index < -0.39 is 10.0 Å². The summed E-state index contributed by atoms with van der Waals surface area (Å²) in [4.78, 5) is 16.9. The van der Waals surface area contributed by atoms with Crippen molar-refractivity contribution in [2.45, 2.75) is 50.2 Å². The summed E-state index contributed by atoms with van der Waals surface area (Å²) in [6, 6.07) is 14.3. The summed E-state index contributed by atoms with van der Waals surface area (Å²) in [5.41, 5.74) is 2.45. The van der Waals surface area contributed by atoms with Crippen molar-refractivity contribution in [1.82, 2.24) is 19.2 Å². The first-order valence-corrected chi connectivity index (χ1v) is 12.3. The maximum absolute atomic E-state index is 13.1. The Bertz CT molecular complexity index is 1160. The van der Waals surface area contributed by atoms with Crippen LogP contribution in [0.2, 0.25) is 0 Å². The molecule has 0 bridgehead atoms. The average Bonchev–Trinajstić information content (AvgIpc) is 3.32. The van der Waals surface area contributed by atoms with Crippen molar-refractivity contribution in [1.29, 1.82) is 0 Å². The van der Waals surface area contributed by atoms with E-state index in [2.05, 4.69) is 10.3 Å². The van der Waals surface area contributed by atoms with Gasteiger partial charge in [0, 0.05) is 43.6 Å². The zero-order valence-electron chi connectivity index (χ0n) is 18.1. The SMILES string of the molecule is CC1CCCCN1S(=O)(=O)c1cccc(C(=O)NCc2ccc(Cn3ccnc3)cc2)c1. The van der Waals surface area contributed by atoms with Gasteiger partial charge in [-0.25, -0.2) is 13.4 Å². The van der Waals surface area contributed by atoms with E-state index in [-0.39, 0.29) is 16.8 Å². The monoisotopic (exact) mass is 452 g/mol. The molecule has 1 aliphatic heterocycles. The molecule has 1 atom stereocenters.